The second-order valence-electron chi connectivity index (χ2n) is 7.37. The number of amides is 1. The zero-order valence-corrected chi connectivity index (χ0v) is 20.9. The summed E-state index contributed by atoms with van der Waals surface area (Å²) in [5.41, 5.74) is 1.39. The number of nitrogens with zero attached hydrogens (tertiary/aromatic N) is 3. The fourth-order valence-electron chi connectivity index (χ4n) is 3.58. The van der Waals surface area contributed by atoms with E-state index in [1.165, 1.54) is 10.4 Å². The number of carbonyl (C=O) groups is 1. The van der Waals surface area contributed by atoms with Crippen molar-refractivity contribution < 1.29 is 4.79 Å². The summed E-state index contributed by atoms with van der Waals surface area (Å²) in [6, 6.07) is 10.6. The third-order valence-electron chi connectivity index (χ3n) is 5.32. The summed E-state index contributed by atoms with van der Waals surface area (Å²) in [5, 5.41) is 7.39. The first-order valence-electron chi connectivity index (χ1n) is 10.4. The lowest BCUT2D eigenvalue weighted by molar-refractivity contribution is -0.131. The molecule has 6 nitrogen and oxygen atoms in total. The maximum atomic E-state index is 12.6. The Labute approximate surface area is 200 Å². The normalized spacial score (nSPS) is 14.9. The first-order valence-corrected chi connectivity index (χ1v) is 11.2. The lowest BCUT2D eigenvalue weighted by atomic mass is 9.90. The molecule has 1 saturated heterocycles. The van der Waals surface area contributed by atoms with Gasteiger partial charge in [0.05, 0.1) is 13.1 Å². The van der Waals surface area contributed by atoms with Crippen LogP contribution in [0.4, 0.5) is 0 Å². The SMILES string of the molecule is CCc1cnc(CNC(=NC)NCC(=O)N2CCC(Cc3ccccc3)CC2)s1.I. The molecule has 2 aromatic rings. The Morgan fingerprint density at radius 1 is 1.23 bits per heavy atom. The Morgan fingerprint density at radius 2 is 1.97 bits per heavy atom. The molecule has 2 heterocycles. The standard InChI is InChI=1S/C22H31N5OS.HI/c1-3-19-14-24-20(29-19)15-25-22(23-2)26-16-21(28)27-11-9-18(10-12-27)13-17-7-5-4-6-8-17;/h4-8,14,18H,3,9-13,15-16H2,1-2H3,(H2,23,25,26);1H. The Hall–Kier alpha value is -1.68. The molecular formula is C22H32IN5OS. The number of halogens is 1. The van der Waals surface area contributed by atoms with E-state index in [-0.39, 0.29) is 36.4 Å². The van der Waals surface area contributed by atoms with Crippen LogP contribution in [0, 0.1) is 5.92 Å². The molecule has 30 heavy (non-hydrogen) atoms. The number of nitrogens with one attached hydrogen (secondary N) is 2. The lowest BCUT2D eigenvalue weighted by Crippen LogP contribution is -2.46. The molecule has 8 heteroatoms. The summed E-state index contributed by atoms with van der Waals surface area (Å²) >= 11 is 1.70. The minimum Gasteiger partial charge on any atom is -0.350 e. The van der Waals surface area contributed by atoms with Crippen molar-refractivity contribution in [2.24, 2.45) is 10.9 Å². The number of hydrogen-bond donors (Lipinski definition) is 2. The first-order chi connectivity index (χ1) is 14.2. The molecule has 1 aliphatic heterocycles. The monoisotopic (exact) mass is 541 g/mol. The van der Waals surface area contributed by atoms with Crippen molar-refractivity contribution in [1.29, 1.82) is 0 Å². The molecule has 0 saturated carbocycles. The molecule has 164 valence electrons. The zero-order valence-electron chi connectivity index (χ0n) is 17.8. The van der Waals surface area contributed by atoms with E-state index < -0.39 is 0 Å². The maximum Gasteiger partial charge on any atom is 0.241 e. The molecule has 0 aliphatic carbocycles. The van der Waals surface area contributed by atoms with Gasteiger partial charge >= 0.3 is 0 Å². The van der Waals surface area contributed by atoms with Gasteiger partial charge in [-0.15, -0.1) is 35.3 Å². The molecule has 3 rings (SSSR count). The smallest absolute Gasteiger partial charge is 0.241 e. The summed E-state index contributed by atoms with van der Waals surface area (Å²) in [4.78, 5) is 24.4. The highest BCUT2D eigenvalue weighted by atomic mass is 127. The van der Waals surface area contributed by atoms with Crippen LogP contribution in [-0.2, 0) is 24.2 Å². The number of rotatable bonds is 7. The number of aromatic nitrogens is 1. The number of benzene rings is 1. The van der Waals surface area contributed by atoms with E-state index >= 15 is 0 Å². The van der Waals surface area contributed by atoms with Crippen LogP contribution in [0.3, 0.4) is 0 Å². The van der Waals surface area contributed by atoms with Crippen molar-refractivity contribution in [3.63, 3.8) is 0 Å². The zero-order chi connectivity index (χ0) is 20.5. The van der Waals surface area contributed by atoms with Crippen molar-refractivity contribution in [3.05, 3.63) is 52.0 Å². The highest BCUT2D eigenvalue weighted by Gasteiger charge is 2.22. The van der Waals surface area contributed by atoms with Gasteiger partial charge in [-0.1, -0.05) is 37.3 Å². The van der Waals surface area contributed by atoms with Crippen molar-refractivity contribution in [1.82, 2.24) is 20.5 Å². The second-order valence-corrected chi connectivity index (χ2v) is 8.57. The summed E-state index contributed by atoms with van der Waals surface area (Å²) in [6.07, 6.45) is 6.16. The van der Waals surface area contributed by atoms with Crippen molar-refractivity contribution in [3.8, 4) is 0 Å². The molecule has 1 aliphatic rings. The number of likely N-dealkylation sites (tertiary alicyclic amines) is 1. The van der Waals surface area contributed by atoms with Gasteiger partial charge in [-0.2, -0.15) is 0 Å². The topological polar surface area (TPSA) is 69.6 Å². The average molecular weight is 542 g/mol. The number of carbonyl (C=O) groups excluding carboxylic acids is 1. The molecule has 1 amide bonds. The number of aryl methyl sites for hydroxylation is 1. The van der Waals surface area contributed by atoms with E-state index in [9.17, 15) is 4.79 Å². The van der Waals surface area contributed by atoms with Crippen molar-refractivity contribution in [2.45, 2.75) is 39.2 Å². The fourth-order valence-corrected chi connectivity index (χ4v) is 4.38. The van der Waals surface area contributed by atoms with E-state index in [1.807, 2.05) is 11.1 Å². The van der Waals surface area contributed by atoms with Gasteiger partial charge in [-0.3, -0.25) is 9.79 Å². The largest absolute Gasteiger partial charge is 0.350 e. The van der Waals surface area contributed by atoms with Crippen LogP contribution >= 0.6 is 35.3 Å². The predicted octanol–water partition coefficient (Wildman–Crippen LogP) is 3.47. The predicted molar refractivity (Wildman–Crippen MR) is 135 cm³/mol. The molecule has 0 radical (unpaired) electrons. The molecule has 1 aromatic heterocycles. The quantitative estimate of drug-likeness (QED) is 0.320. The Bertz CT molecular complexity index is 803. The molecule has 0 unspecified atom stereocenters. The third kappa shape index (κ3) is 7.54. The lowest BCUT2D eigenvalue weighted by Gasteiger charge is -2.32. The molecule has 0 atom stereocenters. The maximum absolute atomic E-state index is 12.6. The van der Waals surface area contributed by atoms with Gasteiger partial charge in [0.2, 0.25) is 5.91 Å². The van der Waals surface area contributed by atoms with Gasteiger partial charge in [-0.05, 0) is 37.2 Å². The van der Waals surface area contributed by atoms with Crippen molar-refractivity contribution in [2.75, 3.05) is 26.7 Å². The fraction of sp³-hybridized carbons (Fsp3) is 0.500. The van der Waals surface area contributed by atoms with Gasteiger partial charge < -0.3 is 15.5 Å². The Kier molecular flexibility index (Phi) is 10.6. The molecule has 0 spiro atoms. The minimum atomic E-state index is 0. The highest BCUT2D eigenvalue weighted by Crippen LogP contribution is 2.21. The van der Waals surface area contributed by atoms with Gasteiger partial charge in [0.25, 0.3) is 0 Å². The van der Waals surface area contributed by atoms with Crippen LogP contribution in [0.2, 0.25) is 0 Å². The number of thiazole rings is 1. The van der Waals surface area contributed by atoms with Gasteiger partial charge in [-0.25, -0.2) is 4.98 Å². The molecule has 0 bridgehead atoms. The van der Waals surface area contributed by atoms with Gasteiger partial charge in [0.15, 0.2) is 5.96 Å². The summed E-state index contributed by atoms with van der Waals surface area (Å²) in [6.45, 7) is 4.68. The number of piperidine rings is 1. The highest BCUT2D eigenvalue weighted by molar-refractivity contribution is 14.0. The van der Waals surface area contributed by atoms with E-state index in [0.717, 1.165) is 43.8 Å². The van der Waals surface area contributed by atoms with Crippen LogP contribution in [0.1, 0.15) is 35.2 Å². The van der Waals surface area contributed by atoms with Crippen molar-refractivity contribution >= 4 is 47.2 Å². The summed E-state index contributed by atoms with van der Waals surface area (Å²) < 4.78 is 0. The Balaban J connectivity index is 0.00000320. The van der Waals surface area contributed by atoms with E-state index in [1.54, 1.807) is 18.4 Å². The molecule has 1 fully saturated rings. The van der Waals surface area contributed by atoms with E-state index in [2.05, 4.69) is 57.9 Å². The van der Waals surface area contributed by atoms with Crippen LogP contribution in [0.15, 0.2) is 41.5 Å². The van der Waals surface area contributed by atoms with E-state index in [4.69, 9.17) is 0 Å². The van der Waals surface area contributed by atoms with E-state index in [0.29, 0.717) is 18.4 Å². The molecule has 2 N–H and O–H groups in total. The second kappa shape index (κ2) is 12.9. The number of hydrogen-bond acceptors (Lipinski definition) is 4. The number of aliphatic imine (C=N–C) groups is 1. The van der Waals surface area contributed by atoms with Crippen LogP contribution in [0.25, 0.3) is 0 Å². The van der Waals surface area contributed by atoms with Crippen LogP contribution in [-0.4, -0.2) is 48.4 Å². The van der Waals surface area contributed by atoms with Gasteiger partial charge in [0.1, 0.15) is 5.01 Å². The summed E-state index contributed by atoms with van der Waals surface area (Å²) in [7, 11) is 1.72. The number of guanidine groups is 1. The average Bonchev–Trinajstić information content (AvgIpc) is 3.23. The molecular weight excluding hydrogens is 509 g/mol. The minimum absolute atomic E-state index is 0. The van der Waals surface area contributed by atoms with Crippen LogP contribution in [0.5, 0.6) is 0 Å². The van der Waals surface area contributed by atoms with Gasteiger partial charge in [0, 0.05) is 31.2 Å². The van der Waals surface area contributed by atoms with Crippen LogP contribution < -0.4 is 10.6 Å². The Morgan fingerprint density at radius 3 is 2.60 bits per heavy atom. The third-order valence-corrected chi connectivity index (χ3v) is 6.46. The first kappa shape index (κ1) is 24.6. The molecule has 1 aromatic carbocycles. The summed E-state index contributed by atoms with van der Waals surface area (Å²) in [5.74, 6) is 1.43.